The maximum Gasteiger partial charge on any atom is 0.0929 e. The number of H-pyrrole nitrogens is 1. The number of alkyl halides is 1. The van der Waals surface area contributed by atoms with Crippen molar-refractivity contribution in [2.24, 2.45) is 5.92 Å². The van der Waals surface area contributed by atoms with E-state index in [0.717, 1.165) is 17.0 Å². The van der Waals surface area contributed by atoms with Gasteiger partial charge in [-0.15, -0.1) is 11.6 Å². The van der Waals surface area contributed by atoms with Gasteiger partial charge < -0.3 is 4.98 Å². The zero-order chi connectivity index (χ0) is 11.5. The van der Waals surface area contributed by atoms with Crippen LogP contribution in [-0.4, -0.2) is 9.97 Å². The van der Waals surface area contributed by atoms with E-state index in [9.17, 15) is 0 Å². The monoisotopic (exact) mass is 234 g/mol. The van der Waals surface area contributed by atoms with E-state index in [1.165, 1.54) is 0 Å². The third-order valence-corrected chi connectivity index (χ3v) is 3.30. The van der Waals surface area contributed by atoms with Crippen LogP contribution in [0.4, 0.5) is 0 Å². The molecule has 0 bridgehead atoms. The van der Waals surface area contributed by atoms with E-state index in [2.05, 4.69) is 23.8 Å². The molecule has 1 N–H and O–H groups in total. The lowest BCUT2D eigenvalue weighted by molar-refractivity contribution is 0.615. The smallest absolute Gasteiger partial charge is 0.0929 e. The molecule has 0 fully saturated rings. The van der Waals surface area contributed by atoms with Crippen LogP contribution < -0.4 is 0 Å². The Balaban J connectivity index is 2.40. The van der Waals surface area contributed by atoms with Crippen LogP contribution in [0, 0.1) is 5.92 Å². The van der Waals surface area contributed by atoms with Crippen molar-refractivity contribution in [3.05, 3.63) is 42.4 Å². The Morgan fingerprint density at radius 3 is 2.50 bits per heavy atom. The van der Waals surface area contributed by atoms with Crippen molar-refractivity contribution < 1.29 is 0 Å². The summed E-state index contributed by atoms with van der Waals surface area (Å²) in [5.74, 6) is 0.379. The summed E-state index contributed by atoms with van der Waals surface area (Å²) in [4.78, 5) is 7.49. The fourth-order valence-electron chi connectivity index (χ4n) is 1.67. The molecule has 0 aliphatic carbocycles. The van der Waals surface area contributed by atoms with Crippen LogP contribution in [0.15, 0.2) is 36.7 Å². The topological polar surface area (TPSA) is 28.7 Å². The van der Waals surface area contributed by atoms with Crippen molar-refractivity contribution in [3.63, 3.8) is 0 Å². The average molecular weight is 235 g/mol. The minimum absolute atomic E-state index is 0.0299. The van der Waals surface area contributed by atoms with E-state index in [-0.39, 0.29) is 5.38 Å². The highest BCUT2D eigenvalue weighted by Crippen LogP contribution is 2.33. The molecule has 1 atom stereocenters. The van der Waals surface area contributed by atoms with Crippen LogP contribution in [0.5, 0.6) is 0 Å². The van der Waals surface area contributed by atoms with Crippen LogP contribution in [0.1, 0.15) is 24.9 Å². The first-order valence-corrected chi connectivity index (χ1v) is 5.86. The molecule has 0 spiro atoms. The van der Waals surface area contributed by atoms with Gasteiger partial charge in [0.25, 0.3) is 0 Å². The summed E-state index contributed by atoms with van der Waals surface area (Å²) in [6, 6.07) is 10.1. The van der Waals surface area contributed by atoms with Gasteiger partial charge in [0.05, 0.1) is 23.1 Å². The zero-order valence-corrected chi connectivity index (χ0v) is 10.2. The maximum atomic E-state index is 6.37. The van der Waals surface area contributed by atoms with Crippen LogP contribution >= 0.6 is 11.6 Å². The molecule has 1 unspecified atom stereocenters. The predicted octanol–water partition coefficient (Wildman–Crippen LogP) is 4.01. The Kier molecular flexibility index (Phi) is 3.30. The molecule has 2 rings (SSSR count). The summed E-state index contributed by atoms with van der Waals surface area (Å²) in [5, 5.41) is -0.0299. The Hall–Kier alpha value is -1.28. The van der Waals surface area contributed by atoms with Gasteiger partial charge in [0.15, 0.2) is 0 Å². The van der Waals surface area contributed by atoms with Gasteiger partial charge in [0, 0.05) is 5.56 Å². The van der Waals surface area contributed by atoms with E-state index >= 15 is 0 Å². The highest BCUT2D eigenvalue weighted by molar-refractivity contribution is 6.21. The molecule has 0 aliphatic heterocycles. The van der Waals surface area contributed by atoms with Gasteiger partial charge >= 0.3 is 0 Å². The van der Waals surface area contributed by atoms with Gasteiger partial charge in [0.2, 0.25) is 0 Å². The summed E-state index contributed by atoms with van der Waals surface area (Å²) in [7, 11) is 0. The number of hydrogen-bond donors (Lipinski definition) is 1. The largest absolute Gasteiger partial charge is 0.347 e. The molecule has 0 radical (unpaired) electrons. The predicted molar refractivity (Wildman–Crippen MR) is 67.5 cm³/mol. The zero-order valence-electron chi connectivity index (χ0n) is 9.44. The highest BCUT2D eigenvalue weighted by Gasteiger charge is 2.19. The standard InChI is InChI=1S/C13H15ClN2/c1-9(2)11(14)13-12(15-8-16-13)10-6-4-3-5-7-10/h3-9,11H,1-2H3,(H,15,16). The summed E-state index contributed by atoms with van der Waals surface area (Å²) in [5.41, 5.74) is 3.06. The van der Waals surface area contributed by atoms with E-state index < -0.39 is 0 Å². The first-order valence-electron chi connectivity index (χ1n) is 5.43. The molecule has 16 heavy (non-hydrogen) atoms. The van der Waals surface area contributed by atoms with Crippen molar-refractivity contribution >= 4 is 11.6 Å². The number of rotatable bonds is 3. The number of halogens is 1. The van der Waals surface area contributed by atoms with Gasteiger partial charge in [-0.1, -0.05) is 44.2 Å². The van der Waals surface area contributed by atoms with E-state index in [1.54, 1.807) is 6.33 Å². The molecular weight excluding hydrogens is 220 g/mol. The number of aromatic amines is 1. The van der Waals surface area contributed by atoms with Gasteiger partial charge in [0.1, 0.15) is 0 Å². The van der Waals surface area contributed by atoms with E-state index in [1.807, 2.05) is 30.3 Å². The molecule has 1 heterocycles. The normalized spacial score (nSPS) is 13.0. The Bertz CT molecular complexity index is 448. The molecular formula is C13H15ClN2. The summed E-state index contributed by atoms with van der Waals surface area (Å²) < 4.78 is 0. The number of imidazole rings is 1. The molecule has 0 saturated heterocycles. The van der Waals surface area contributed by atoms with E-state index in [4.69, 9.17) is 11.6 Å². The number of benzene rings is 1. The van der Waals surface area contributed by atoms with Crippen LogP contribution in [-0.2, 0) is 0 Å². The number of aromatic nitrogens is 2. The Morgan fingerprint density at radius 1 is 1.19 bits per heavy atom. The van der Waals surface area contributed by atoms with Crippen LogP contribution in [0.3, 0.4) is 0 Å². The lowest BCUT2D eigenvalue weighted by atomic mass is 10.0. The lowest BCUT2D eigenvalue weighted by Crippen LogP contribution is -2.01. The second kappa shape index (κ2) is 4.71. The molecule has 0 aliphatic rings. The van der Waals surface area contributed by atoms with Crippen LogP contribution in [0.25, 0.3) is 11.3 Å². The number of nitrogens with zero attached hydrogens (tertiary/aromatic N) is 1. The Labute approximate surface area is 101 Å². The average Bonchev–Trinajstić information content (AvgIpc) is 2.77. The molecule has 2 nitrogen and oxygen atoms in total. The van der Waals surface area contributed by atoms with Crippen molar-refractivity contribution in [2.45, 2.75) is 19.2 Å². The summed E-state index contributed by atoms with van der Waals surface area (Å²) in [6.07, 6.45) is 1.70. The first kappa shape index (κ1) is 11.2. The summed E-state index contributed by atoms with van der Waals surface area (Å²) >= 11 is 6.37. The maximum absolute atomic E-state index is 6.37. The van der Waals surface area contributed by atoms with Gasteiger partial charge in [-0.25, -0.2) is 4.98 Å². The van der Waals surface area contributed by atoms with E-state index in [0.29, 0.717) is 5.92 Å². The molecule has 0 saturated carbocycles. The Morgan fingerprint density at radius 2 is 1.88 bits per heavy atom. The van der Waals surface area contributed by atoms with Gasteiger partial charge in [-0.05, 0) is 5.92 Å². The summed E-state index contributed by atoms with van der Waals surface area (Å²) in [6.45, 7) is 4.21. The second-order valence-electron chi connectivity index (χ2n) is 4.18. The van der Waals surface area contributed by atoms with Crippen molar-refractivity contribution in [1.29, 1.82) is 0 Å². The fraction of sp³-hybridized carbons (Fsp3) is 0.308. The number of hydrogen-bond acceptors (Lipinski definition) is 1. The molecule has 3 heteroatoms. The molecule has 2 aromatic rings. The third-order valence-electron chi connectivity index (χ3n) is 2.58. The van der Waals surface area contributed by atoms with Crippen LogP contribution in [0.2, 0.25) is 0 Å². The fourth-order valence-corrected chi connectivity index (χ4v) is 1.84. The molecule has 1 aromatic heterocycles. The minimum Gasteiger partial charge on any atom is -0.347 e. The molecule has 0 amide bonds. The molecule has 1 aromatic carbocycles. The van der Waals surface area contributed by atoms with Crippen molar-refractivity contribution in [1.82, 2.24) is 9.97 Å². The SMILES string of the molecule is CC(C)C(Cl)c1[nH]cnc1-c1ccccc1. The molecule has 84 valence electrons. The van der Waals surface area contributed by atoms with Gasteiger partial charge in [-0.2, -0.15) is 0 Å². The third kappa shape index (κ3) is 2.12. The number of nitrogens with one attached hydrogen (secondary N) is 1. The lowest BCUT2D eigenvalue weighted by Gasteiger charge is -2.13. The highest BCUT2D eigenvalue weighted by atomic mass is 35.5. The quantitative estimate of drug-likeness (QED) is 0.799. The second-order valence-corrected chi connectivity index (χ2v) is 4.65. The van der Waals surface area contributed by atoms with Crippen molar-refractivity contribution in [3.8, 4) is 11.3 Å². The minimum atomic E-state index is -0.0299. The van der Waals surface area contributed by atoms with Crippen molar-refractivity contribution in [2.75, 3.05) is 0 Å². The first-order chi connectivity index (χ1) is 7.70. The van der Waals surface area contributed by atoms with Gasteiger partial charge in [-0.3, -0.25) is 0 Å².